The largest absolute Gasteiger partial charge is 0.495 e. The number of carbonyl (C=O) groups is 1. The zero-order valence-corrected chi connectivity index (χ0v) is 14.5. The fourth-order valence-corrected chi connectivity index (χ4v) is 2.89. The predicted octanol–water partition coefficient (Wildman–Crippen LogP) is 4.42. The van der Waals surface area contributed by atoms with Crippen LogP contribution in [0.5, 0.6) is 5.75 Å². The van der Waals surface area contributed by atoms with Crippen LogP contribution in [0.4, 0.5) is 0 Å². The Morgan fingerprint density at radius 1 is 1.04 bits per heavy atom. The van der Waals surface area contributed by atoms with E-state index in [0.717, 1.165) is 11.1 Å². The first-order valence-corrected chi connectivity index (χ1v) is 7.94. The number of nitrogens with zero attached hydrogens (tertiary/aromatic N) is 1. The lowest BCUT2D eigenvalue weighted by Crippen LogP contribution is -2.42. The number of rotatable bonds is 5. The Kier molecular flexibility index (Phi) is 5.43. The van der Waals surface area contributed by atoms with Crippen molar-refractivity contribution in [3.8, 4) is 16.9 Å². The van der Waals surface area contributed by atoms with Crippen LogP contribution < -0.4 is 4.74 Å². The lowest BCUT2D eigenvalue weighted by Gasteiger charge is -2.31. The van der Waals surface area contributed by atoms with Gasteiger partial charge in [0, 0.05) is 17.6 Å². The van der Waals surface area contributed by atoms with Crippen LogP contribution in [0.25, 0.3) is 11.1 Å². The minimum Gasteiger partial charge on any atom is -0.495 e. The summed E-state index contributed by atoms with van der Waals surface area (Å²) >= 11 is 0. The maximum Gasteiger partial charge on any atom is 0.258 e. The first-order chi connectivity index (χ1) is 11.0. The minimum absolute atomic E-state index is 0.0513. The molecule has 0 spiro atoms. The van der Waals surface area contributed by atoms with Crippen molar-refractivity contribution in [2.24, 2.45) is 0 Å². The lowest BCUT2D eigenvalue weighted by atomic mass is 10.00. The predicted molar refractivity (Wildman–Crippen MR) is 93.7 cm³/mol. The highest BCUT2D eigenvalue weighted by Gasteiger charge is 2.25. The average molecular weight is 310 g/mol. The van der Waals surface area contributed by atoms with Crippen LogP contribution >= 0.6 is 0 Å². The van der Waals surface area contributed by atoms with Crippen molar-refractivity contribution in [2.75, 3.05) is 7.11 Å². The molecule has 0 saturated heterocycles. The number of amides is 1. The molecule has 2 rings (SSSR count). The van der Waals surface area contributed by atoms with Crippen molar-refractivity contribution in [2.45, 2.75) is 39.8 Å². The van der Waals surface area contributed by atoms with E-state index in [1.165, 1.54) is 0 Å². The van der Waals surface area contributed by atoms with Gasteiger partial charge in [-0.25, -0.2) is 0 Å². The molecule has 1 radical (unpaired) electrons. The fraction of sp³-hybridized carbons (Fsp3) is 0.350. The third kappa shape index (κ3) is 3.55. The van der Waals surface area contributed by atoms with E-state index in [-0.39, 0.29) is 18.0 Å². The van der Waals surface area contributed by atoms with E-state index in [0.29, 0.717) is 11.3 Å². The Balaban J connectivity index is 2.54. The summed E-state index contributed by atoms with van der Waals surface area (Å²) in [7, 11) is 1.60. The van der Waals surface area contributed by atoms with Gasteiger partial charge in [0.15, 0.2) is 0 Å². The van der Waals surface area contributed by atoms with E-state index in [1.54, 1.807) is 13.2 Å². The molecule has 0 heterocycles. The van der Waals surface area contributed by atoms with Gasteiger partial charge in [0.25, 0.3) is 5.91 Å². The Morgan fingerprint density at radius 3 is 2.17 bits per heavy atom. The smallest absolute Gasteiger partial charge is 0.258 e. The van der Waals surface area contributed by atoms with Crippen molar-refractivity contribution in [3.05, 3.63) is 54.1 Å². The Hall–Kier alpha value is -2.29. The number of hydrogen-bond donors (Lipinski definition) is 0. The van der Waals surface area contributed by atoms with Crippen LogP contribution in [0, 0.1) is 6.07 Å². The number of carbonyl (C=O) groups excluding carboxylic acids is 1. The van der Waals surface area contributed by atoms with E-state index in [4.69, 9.17) is 4.74 Å². The van der Waals surface area contributed by atoms with Crippen molar-refractivity contribution in [1.82, 2.24) is 4.90 Å². The summed E-state index contributed by atoms with van der Waals surface area (Å²) in [4.78, 5) is 14.9. The molecule has 0 aliphatic rings. The molecule has 0 saturated carbocycles. The molecular weight excluding hydrogens is 286 g/mol. The first-order valence-electron chi connectivity index (χ1n) is 7.94. The average Bonchev–Trinajstić information content (AvgIpc) is 2.54. The normalized spacial score (nSPS) is 10.9. The van der Waals surface area contributed by atoms with Crippen LogP contribution in [-0.4, -0.2) is 30.0 Å². The maximum atomic E-state index is 13.0. The van der Waals surface area contributed by atoms with Gasteiger partial charge < -0.3 is 9.64 Å². The van der Waals surface area contributed by atoms with Gasteiger partial charge in [-0.05, 0) is 45.4 Å². The zero-order chi connectivity index (χ0) is 17.0. The second-order valence-electron chi connectivity index (χ2n) is 6.07. The van der Waals surface area contributed by atoms with Crippen molar-refractivity contribution in [3.63, 3.8) is 0 Å². The zero-order valence-electron chi connectivity index (χ0n) is 14.5. The fourth-order valence-electron chi connectivity index (χ4n) is 2.89. The molecule has 2 aromatic carbocycles. The van der Waals surface area contributed by atoms with Gasteiger partial charge in [0.05, 0.1) is 12.7 Å². The highest BCUT2D eigenvalue weighted by Crippen LogP contribution is 2.33. The molecule has 0 atom stereocenters. The monoisotopic (exact) mass is 310 g/mol. The van der Waals surface area contributed by atoms with Crippen LogP contribution in [-0.2, 0) is 0 Å². The third-order valence-electron chi connectivity index (χ3n) is 3.80. The first kappa shape index (κ1) is 17.1. The number of ether oxygens (including phenoxy) is 1. The summed E-state index contributed by atoms with van der Waals surface area (Å²) in [6, 6.07) is 16.9. The Morgan fingerprint density at radius 2 is 1.65 bits per heavy atom. The SMILES string of the molecule is COc1c(C(=O)N(C(C)C)C(C)C)[c]ccc1-c1ccccc1. The molecule has 0 unspecified atom stereocenters. The molecule has 2 aromatic rings. The highest BCUT2D eigenvalue weighted by molar-refractivity contribution is 5.99. The van der Waals surface area contributed by atoms with E-state index in [2.05, 4.69) is 6.07 Å². The molecule has 121 valence electrons. The summed E-state index contributed by atoms with van der Waals surface area (Å²) in [6.07, 6.45) is 0. The number of methoxy groups -OCH3 is 1. The molecule has 0 aliphatic carbocycles. The molecule has 0 aromatic heterocycles. The highest BCUT2D eigenvalue weighted by atomic mass is 16.5. The summed E-state index contributed by atoms with van der Waals surface area (Å²) in [6.45, 7) is 8.08. The number of hydrogen-bond acceptors (Lipinski definition) is 2. The van der Waals surface area contributed by atoms with Crippen LogP contribution in [0.15, 0.2) is 42.5 Å². The second kappa shape index (κ2) is 7.32. The molecule has 0 aliphatic heterocycles. The van der Waals surface area contributed by atoms with Crippen molar-refractivity contribution in [1.29, 1.82) is 0 Å². The molecule has 23 heavy (non-hydrogen) atoms. The molecular formula is C20H24NO2. The van der Waals surface area contributed by atoms with Crippen LogP contribution in [0.3, 0.4) is 0 Å². The van der Waals surface area contributed by atoms with E-state index < -0.39 is 0 Å². The Labute approximate surface area is 138 Å². The molecule has 0 fully saturated rings. The summed E-state index contributed by atoms with van der Waals surface area (Å²) in [5.74, 6) is 0.527. The van der Waals surface area contributed by atoms with Crippen molar-refractivity contribution >= 4 is 5.91 Å². The van der Waals surface area contributed by atoms with Gasteiger partial charge in [0.2, 0.25) is 0 Å². The molecule has 0 bridgehead atoms. The summed E-state index contributed by atoms with van der Waals surface area (Å²) in [5, 5.41) is 0. The van der Waals surface area contributed by atoms with Gasteiger partial charge >= 0.3 is 0 Å². The second-order valence-corrected chi connectivity index (χ2v) is 6.07. The van der Waals surface area contributed by atoms with Gasteiger partial charge in [-0.2, -0.15) is 0 Å². The van der Waals surface area contributed by atoms with Gasteiger partial charge in [-0.1, -0.05) is 36.4 Å². The quantitative estimate of drug-likeness (QED) is 0.818. The third-order valence-corrected chi connectivity index (χ3v) is 3.80. The molecule has 3 heteroatoms. The van der Waals surface area contributed by atoms with Gasteiger partial charge in [0.1, 0.15) is 5.75 Å². The van der Waals surface area contributed by atoms with Crippen LogP contribution in [0.2, 0.25) is 0 Å². The lowest BCUT2D eigenvalue weighted by molar-refractivity contribution is 0.0640. The van der Waals surface area contributed by atoms with Crippen LogP contribution in [0.1, 0.15) is 38.1 Å². The van der Waals surface area contributed by atoms with Gasteiger partial charge in [-0.3, -0.25) is 4.79 Å². The van der Waals surface area contributed by atoms with Crippen molar-refractivity contribution < 1.29 is 9.53 Å². The van der Waals surface area contributed by atoms with Gasteiger partial charge in [-0.15, -0.1) is 0 Å². The molecule has 3 nitrogen and oxygen atoms in total. The molecule has 0 N–H and O–H groups in total. The summed E-state index contributed by atoms with van der Waals surface area (Å²) < 4.78 is 5.58. The summed E-state index contributed by atoms with van der Waals surface area (Å²) in [5.41, 5.74) is 2.41. The number of benzene rings is 2. The Bertz CT molecular complexity index is 655. The standard InChI is InChI=1S/C20H24NO2/c1-14(2)21(15(3)4)20(22)18-13-9-12-17(19(18)23-5)16-10-7-6-8-11-16/h6-12,14-15H,1-5H3. The van der Waals surface area contributed by atoms with E-state index >= 15 is 0 Å². The maximum absolute atomic E-state index is 13.0. The topological polar surface area (TPSA) is 29.5 Å². The van der Waals surface area contributed by atoms with E-state index in [9.17, 15) is 4.79 Å². The van der Waals surface area contributed by atoms with E-state index in [1.807, 2.05) is 69.0 Å². The minimum atomic E-state index is -0.0513. The molecule has 1 amide bonds.